The van der Waals surface area contributed by atoms with Crippen LogP contribution in [0.3, 0.4) is 0 Å². The molecule has 0 aliphatic rings. The van der Waals surface area contributed by atoms with Crippen molar-refractivity contribution >= 4 is 21.8 Å². The van der Waals surface area contributed by atoms with Gasteiger partial charge in [-0.25, -0.2) is 4.39 Å². The number of ether oxygens (including phenoxy) is 2. The van der Waals surface area contributed by atoms with Crippen LogP contribution in [0.25, 0.3) is 21.8 Å². The van der Waals surface area contributed by atoms with Crippen molar-refractivity contribution in [3.63, 3.8) is 0 Å². The summed E-state index contributed by atoms with van der Waals surface area (Å²) in [5.41, 5.74) is 1.72. The molecule has 0 bridgehead atoms. The number of hydrogen-bond donors (Lipinski definition) is 1. The van der Waals surface area contributed by atoms with Crippen LogP contribution in [0.5, 0.6) is 11.5 Å². The molecule has 0 aliphatic heterocycles. The summed E-state index contributed by atoms with van der Waals surface area (Å²) < 4.78 is 23.9. The van der Waals surface area contributed by atoms with Crippen molar-refractivity contribution in [2.45, 2.75) is 0 Å². The minimum Gasteiger partial charge on any atom is -0.497 e. The van der Waals surface area contributed by atoms with Crippen molar-refractivity contribution in [3.05, 3.63) is 36.1 Å². The van der Waals surface area contributed by atoms with Crippen molar-refractivity contribution in [1.29, 1.82) is 0 Å². The van der Waals surface area contributed by atoms with Crippen LogP contribution in [-0.4, -0.2) is 19.2 Å². The van der Waals surface area contributed by atoms with Gasteiger partial charge >= 0.3 is 0 Å². The van der Waals surface area contributed by atoms with Crippen molar-refractivity contribution in [2.24, 2.45) is 0 Å². The first-order chi connectivity index (χ1) is 8.72. The van der Waals surface area contributed by atoms with Gasteiger partial charge in [-0.1, -0.05) is 0 Å². The second-order valence-corrected chi connectivity index (χ2v) is 4.07. The van der Waals surface area contributed by atoms with Crippen LogP contribution in [-0.2, 0) is 0 Å². The van der Waals surface area contributed by atoms with Gasteiger partial charge in [0, 0.05) is 22.4 Å². The van der Waals surface area contributed by atoms with E-state index in [1.807, 2.05) is 6.07 Å². The van der Waals surface area contributed by atoms with E-state index in [0.29, 0.717) is 11.5 Å². The van der Waals surface area contributed by atoms with E-state index in [2.05, 4.69) is 4.98 Å². The second kappa shape index (κ2) is 3.91. The Morgan fingerprint density at radius 2 is 1.83 bits per heavy atom. The van der Waals surface area contributed by atoms with E-state index in [0.717, 1.165) is 21.8 Å². The van der Waals surface area contributed by atoms with Crippen LogP contribution < -0.4 is 9.47 Å². The van der Waals surface area contributed by atoms with Gasteiger partial charge in [0.05, 0.1) is 19.7 Å². The number of rotatable bonds is 2. The molecule has 18 heavy (non-hydrogen) atoms. The Bertz CT molecular complexity index is 733. The number of H-pyrrole nitrogens is 1. The molecule has 1 aromatic heterocycles. The van der Waals surface area contributed by atoms with Gasteiger partial charge in [-0.05, 0) is 24.3 Å². The molecule has 2 aromatic carbocycles. The fourth-order valence-corrected chi connectivity index (χ4v) is 2.19. The standard InChI is InChI=1S/C14H12FNO2/c1-17-9-6-11-10-5-8(15)3-4-12(10)16-14(11)13(7-9)18-2/h3-7,16H,1-2H3. The van der Waals surface area contributed by atoms with Gasteiger partial charge in [-0.15, -0.1) is 0 Å². The van der Waals surface area contributed by atoms with E-state index in [1.54, 1.807) is 26.4 Å². The van der Waals surface area contributed by atoms with Gasteiger partial charge in [0.2, 0.25) is 0 Å². The van der Waals surface area contributed by atoms with E-state index in [4.69, 9.17) is 9.47 Å². The van der Waals surface area contributed by atoms with Crippen LogP contribution in [0.2, 0.25) is 0 Å². The van der Waals surface area contributed by atoms with Gasteiger partial charge in [-0.3, -0.25) is 0 Å². The predicted molar refractivity (Wildman–Crippen MR) is 68.9 cm³/mol. The van der Waals surface area contributed by atoms with Gasteiger partial charge in [0.25, 0.3) is 0 Å². The predicted octanol–water partition coefficient (Wildman–Crippen LogP) is 3.48. The van der Waals surface area contributed by atoms with Gasteiger partial charge in [0.1, 0.15) is 17.3 Å². The monoisotopic (exact) mass is 245 g/mol. The maximum absolute atomic E-state index is 13.3. The molecule has 1 heterocycles. The molecule has 3 rings (SSSR count). The highest BCUT2D eigenvalue weighted by molar-refractivity contribution is 6.09. The fourth-order valence-electron chi connectivity index (χ4n) is 2.19. The summed E-state index contributed by atoms with van der Waals surface area (Å²) >= 11 is 0. The Morgan fingerprint density at radius 3 is 2.56 bits per heavy atom. The van der Waals surface area contributed by atoms with Crippen molar-refractivity contribution in [2.75, 3.05) is 14.2 Å². The number of halogens is 1. The number of hydrogen-bond acceptors (Lipinski definition) is 2. The molecule has 92 valence electrons. The van der Waals surface area contributed by atoms with Gasteiger partial charge in [0.15, 0.2) is 0 Å². The lowest BCUT2D eigenvalue weighted by Gasteiger charge is -2.05. The zero-order valence-electron chi connectivity index (χ0n) is 10.1. The lowest BCUT2D eigenvalue weighted by molar-refractivity contribution is 0.397. The molecule has 0 radical (unpaired) electrons. The Labute approximate surface area is 103 Å². The molecule has 3 aromatic rings. The van der Waals surface area contributed by atoms with Crippen LogP contribution in [0, 0.1) is 5.82 Å². The number of nitrogens with one attached hydrogen (secondary N) is 1. The summed E-state index contributed by atoms with van der Waals surface area (Å²) in [5.74, 6) is 1.11. The van der Waals surface area contributed by atoms with Crippen LogP contribution >= 0.6 is 0 Å². The van der Waals surface area contributed by atoms with Crippen molar-refractivity contribution < 1.29 is 13.9 Å². The maximum atomic E-state index is 13.3. The number of fused-ring (bicyclic) bond motifs is 3. The van der Waals surface area contributed by atoms with Crippen molar-refractivity contribution in [3.8, 4) is 11.5 Å². The molecule has 0 fully saturated rings. The molecule has 0 aliphatic carbocycles. The van der Waals surface area contributed by atoms with Gasteiger partial charge < -0.3 is 14.5 Å². The normalized spacial score (nSPS) is 11.1. The third-order valence-electron chi connectivity index (χ3n) is 3.06. The highest BCUT2D eigenvalue weighted by atomic mass is 19.1. The largest absolute Gasteiger partial charge is 0.497 e. The molecule has 0 unspecified atom stereocenters. The third kappa shape index (κ3) is 1.49. The number of benzene rings is 2. The maximum Gasteiger partial charge on any atom is 0.146 e. The first-order valence-electron chi connectivity index (χ1n) is 5.56. The van der Waals surface area contributed by atoms with Crippen LogP contribution in [0.15, 0.2) is 30.3 Å². The Balaban J connectivity index is 2.46. The average molecular weight is 245 g/mol. The second-order valence-electron chi connectivity index (χ2n) is 4.07. The Kier molecular flexibility index (Phi) is 2.37. The SMILES string of the molecule is COc1cc(OC)c2[nH]c3ccc(F)cc3c2c1. The Hall–Kier alpha value is -2.23. The molecule has 4 heteroatoms. The molecule has 0 spiro atoms. The third-order valence-corrected chi connectivity index (χ3v) is 3.06. The zero-order chi connectivity index (χ0) is 12.7. The van der Waals surface area contributed by atoms with E-state index in [1.165, 1.54) is 12.1 Å². The van der Waals surface area contributed by atoms with E-state index >= 15 is 0 Å². The average Bonchev–Trinajstić information content (AvgIpc) is 2.75. The molecule has 0 atom stereocenters. The summed E-state index contributed by atoms with van der Waals surface area (Å²) in [5, 5.41) is 1.71. The number of methoxy groups -OCH3 is 2. The molecule has 1 N–H and O–H groups in total. The van der Waals surface area contributed by atoms with Gasteiger partial charge in [-0.2, -0.15) is 0 Å². The summed E-state index contributed by atoms with van der Waals surface area (Å²) in [7, 11) is 3.19. The van der Waals surface area contributed by atoms with E-state index in [9.17, 15) is 4.39 Å². The number of aromatic nitrogens is 1. The number of aromatic amines is 1. The molecular formula is C14H12FNO2. The lowest BCUT2D eigenvalue weighted by Crippen LogP contribution is -1.87. The lowest BCUT2D eigenvalue weighted by atomic mass is 10.1. The minimum atomic E-state index is -0.259. The summed E-state index contributed by atoms with van der Waals surface area (Å²) in [4.78, 5) is 3.23. The van der Waals surface area contributed by atoms with Crippen LogP contribution in [0.4, 0.5) is 4.39 Å². The first-order valence-corrected chi connectivity index (χ1v) is 5.56. The molecule has 0 amide bonds. The fraction of sp³-hybridized carbons (Fsp3) is 0.143. The van der Waals surface area contributed by atoms with Crippen molar-refractivity contribution in [1.82, 2.24) is 4.98 Å². The minimum absolute atomic E-state index is 0.259. The van der Waals surface area contributed by atoms with Crippen LogP contribution in [0.1, 0.15) is 0 Å². The molecular weight excluding hydrogens is 233 g/mol. The molecule has 0 saturated carbocycles. The topological polar surface area (TPSA) is 34.2 Å². The Morgan fingerprint density at radius 1 is 1.00 bits per heavy atom. The summed E-state index contributed by atoms with van der Waals surface area (Å²) in [6.07, 6.45) is 0. The van der Waals surface area contributed by atoms with E-state index in [-0.39, 0.29) is 5.82 Å². The molecule has 0 saturated heterocycles. The van der Waals surface area contributed by atoms with E-state index < -0.39 is 0 Å². The highest BCUT2D eigenvalue weighted by Crippen LogP contribution is 2.35. The first kappa shape index (κ1) is 10.9. The molecule has 3 nitrogen and oxygen atoms in total. The smallest absolute Gasteiger partial charge is 0.146 e. The summed E-state index contributed by atoms with van der Waals surface area (Å²) in [6.45, 7) is 0. The highest BCUT2D eigenvalue weighted by Gasteiger charge is 2.11. The summed E-state index contributed by atoms with van der Waals surface area (Å²) in [6, 6.07) is 8.33. The zero-order valence-corrected chi connectivity index (χ0v) is 10.1. The quantitative estimate of drug-likeness (QED) is 0.750.